The molecular formula is C14H20F3N3O3. The third kappa shape index (κ3) is 4.70. The summed E-state index contributed by atoms with van der Waals surface area (Å²) in [7, 11) is 0. The minimum atomic E-state index is -4.41. The Morgan fingerprint density at radius 2 is 1.87 bits per heavy atom. The van der Waals surface area contributed by atoms with Crippen LogP contribution in [0.1, 0.15) is 37.2 Å². The van der Waals surface area contributed by atoms with Gasteiger partial charge in [0.1, 0.15) is 12.1 Å². The highest BCUT2D eigenvalue weighted by Crippen LogP contribution is 2.21. The number of carboxylic acid groups (broad SMARTS) is 1. The summed E-state index contributed by atoms with van der Waals surface area (Å²) >= 11 is 0. The van der Waals surface area contributed by atoms with E-state index in [2.05, 4.69) is 10.4 Å². The predicted octanol–water partition coefficient (Wildman–Crippen LogP) is 1.97. The molecule has 0 saturated heterocycles. The lowest BCUT2D eigenvalue weighted by Crippen LogP contribution is -2.52. The molecule has 1 aromatic heterocycles. The zero-order chi connectivity index (χ0) is 18.0. The average Bonchev–Trinajstić information content (AvgIpc) is 2.64. The molecule has 1 rings (SSSR count). The number of hydrogen-bond donors (Lipinski definition) is 2. The Bertz CT molecular complexity index is 610. The van der Waals surface area contributed by atoms with E-state index in [0.29, 0.717) is 11.3 Å². The number of hydrogen-bond acceptors (Lipinski definition) is 3. The molecule has 0 aliphatic rings. The quantitative estimate of drug-likeness (QED) is 0.832. The SMILES string of the molecule is CCC(C)(NC(=O)Cc1c(C)nn(CC(F)(F)F)c1C)C(=O)O. The van der Waals surface area contributed by atoms with Crippen LogP contribution < -0.4 is 5.32 Å². The summed E-state index contributed by atoms with van der Waals surface area (Å²) in [4.78, 5) is 23.2. The van der Waals surface area contributed by atoms with Crippen molar-refractivity contribution in [1.29, 1.82) is 0 Å². The van der Waals surface area contributed by atoms with Crippen molar-refractivity contribution in [2.24, 2.45) is 0 Å². The molecule has 0 aromatic carbocycles. The van der Waals surface area contributed by atoms with E-state index in [4.69, 9.17) is 5.11 Å². The van der Waals surface area contributed by atoms with Gasteiger partial charge in [-0.05, 0) is 27.2 Å². The first-order chi connectivity index (χ1) is 10.4. The molecule has 1 amide bonds. The van der Waals surface area contributed by atoms with Crippen LogP contribution in [0.5, 0.6) is 0 Å². The lowest BCUT2D eigenvalue weighted by molar-refractivity contribution is -0.147. The highest BCUT2D eigenvalue weighted by Gasteiger charge is 2.34. The average molecular weight is 335 g/mol. The van der Waals surface area contributed by atoms with Crippen LogP contribution >= 0.6 is 0 Å². The van der Waals surface area contributed by atoms with Crippen molar-refractivity contribution in [3.05, 3.63) is 17.0 Å². The summed E-state index contributed by atoms with van der Waals surface area (Å²) in [6, 6.07) is 0. The van der Waals surface area contributed by atoms with Gasteiger partial charge < -0.3 is 10.4 Å². The molecule has 1 aromatic rings. The Hall–Kier alpha value is -2.06. The Balaban J connectivity index is 2.93. The van der Waals surface area contributed by atoms with Gasteiger partial charge in [0.05, 0.1) is 12.1 Å². The monoisotopic (exact) mass is 335 g/mol. The molecule has 1 unspecified atom stereocenters. The molecule has 0 aliphatic heterocycles. The minimum absolute atomic E-state index is 0.180. The number of nitrogens with zero attached hydrogens (tertiary/aromatic N) is 2. The number of aromatic nitrogens is 2. The highest BCUT2D eigenvalue weighted by molar-refractivity contribution is 5.87. The molecular weight excluding hydrogens is 315 g/mol. The first kappa shape index (κ1) is 19.0. The van der Waals surface area contributed by atoms with E-state index in [0.717, 1.165) is 4.68 Å². The molecule has 6 nitrogen and oxygen atoms in total. The molecule has 2 N–H and O–H groups in total. The third-order valence-electron chi connectivity index (χ3n) is 3.79. The topological polar surface area (TPSA) is 84.2 Å². The summed E-state index contributed by atoms with van der Waals surface area (Å²) < 4.78 is 38.2. The maximum Gasteiger partial charge on any atom is 0.408 e. The molecule has 0 aliphatic carbocycles. The summed E-state index contributed by atoms with van der Waals surface area (Å²) in [5.74, 6) is -1.75. The van der Waals surface area contributed by atoms with Crippen LogP contribution in [0.3, 0.4) is 0 Å². The van der Waals surface area contributed by atoms with Crippen LogP contribution in [0, 0.1) is 13.8 Å². The summed E-state index contributed by atoms with van der Waals surface area (Å²) in [5, 5.41) is 15.3. The van der Waals surface area contributed by atoms with E-state index >= 15 is 0 Å². The third-order valence-corrected chi connectivity index (χ3v) is 3.79. The standard InChI is InChI=1S/C14H20F3N3O3/c1-5-13(4,12(22)23)18-11(21)6-10-8(2)19-20(9(10)3)7-14(15,16)17/h5-7H2,1-4H3,(H,18,21)(H,22,23). The van der Waals surface area contributed by atoms with Gasteiger partial charge >= 0.3 is 12.1 Å². The number of rotatable bonds is 6. The number of carbonyl (C=O) groups is 2. The fourth-order valence-corrected chi connectivity index (χ4v) is 2.12. The van der Waals surface area contributed by atoms with Gasteiger partial charge in [0.15, 0.2) is 0 Å². The van der Waals surface area contributed by atoms with Crippen molar-refractivity contribution in [2.45, 2.75) is 58.8 Å². The molecule has 0 bridgehead atoms. The van der Waals surface area contributed by atoms with E-state index in [1.54, 1.807) is 6.92 Å². The number of aryl methyl sites for hydroxylation is 1. The van der Waals surface area contributed by atoms with E-state index in [1.165, 1.54) is 20.8 Å². The van der Waals surface area contributed by atoms with Gasteiger partial charge in [-0.3, -0.25) is 9.48 Å². The van der Waals surface area contributed by atoms with Gasteiger partial charge in [-0.15, -0.1) is 0 Å². The summed E-state index contributed by atoms with van der Waals surface area (Å²) in [6.45, 7) is 4.72. The van der Waals surface area contributed by atoms with Crippen LogP contribution in [0.2, 0.25) is 0 Å². The van der Waals surface area contributed by atoms with Crippen LogP contribution in [-0.2, 0) is 22.6 Å². The van der Waals surface area contributed by atoms with Crippen molar-refractivity contribution in [3.63, 3.8) is 0 Å². The lowest BCUT2D eigenvalue weighted by Gasteiger charge is -2.24. The number of alkyl halides is 3. The zero-order valence-electron chi connectivity index (χ0n) is 13.4. The highest BCUT2D eigenvalue weighted by atomic mass is 19.4. The summed E-state index contributed by atoms with van der Waals surface area (Å²) in [5.41, 5.74) is -0.490. The number of amides is 1. The van der Waals surface area contributed by atoms with Crippen molar-refractivity contribution < 1.29 is 27.9 Å². The van der Waals surface area contributed by atoms with E-state index in [-0.39, 0.29) is 18.5 Å². The normalized spacial score (nSPS) is 14.4. The van der Waals surface area contributed by atoms with Crippen LogP contribution in [-0.4, -0.2) is 38.5 Å². The molecule has 0 spiro atoms. The zero-order valence-corrected chi connectivity index (χ0v) is 13.4. The Morgan fingerprint density at radius 1 is 1.30 bits per heavy atom. The van der Waals surface area contributed by atoms with Crippen molar-refractivity contribution in [2.75, 3.05) is 0 Å². The number of carboxylic acids is 1. The first-order valence-electron chi connectivity index (χ1n) is 7.03. The van der Waals surface area contributed by atoms with Crippen molar-refractivity contribution >= 4 is 11.9 Å². The number of nitrogens with one attached hydrogen (secondary N) is 1. The molecule has 0 fully saturated rings. The van der Waals surface area contributed by atoms with E-state index < -0.39 is 30.1 Å². The molecule has 130 valence electrons. The Labute approximate surface area is 131 Å². The number of aliphatic carboxylic acids is 1. The Morgan fingerprint density at radius 3 is 2.30 bits per heavy atom. The maximum absolute atomic E-state index is 12.5. The lowest BCUT2D eigenvalue weighted by atomic mass is 9.98. The maximum atomic E-state index is 12.5. The van der Waals surface area contributed by atoms with E-state index in [1.807, 2.05) is 0 Å². The molecule has 0 radical (unpaired) electrons. The fourth-order valence-electron chi connectivity index (χ4n) is 2.12. The van der Waals surface area contributed by atoms with Gasteiger partial charge in [0.2, 0.25) is 5.91 Å². The molecule has 23 heavy (non-hydrogen) atoms. The Kier molecular flexibility index (Phi) is 5.44. The van der Waals surface area contributed by atoms with Gasteiger partial charge in [-0.25, -0.2) is 4.79 Å². The molecule has 1 heterocycles. The van der Waals surface area contributed by atoms with Gasteiger partial charge in [0.25, 0.3) is 0 Å². The smallest absolute Gasteiger partial charge is 0.408 e. The minimum Gasteiger partial charge on any atom is -0.480 e. The molecule has 0 saturated carbocycles. The van der Waals surface area contributed by atoms with Crippen molar-refractivity contribution in [1.82, 2.24) is 15.1 Å². The van der Waals surface area contributed by atoms with Gasteiger partial charge in [-0.2, -0.15) is 18.3 Å². The summed E-state index contributed by atoms with van der Waals surface area (Å²) in [6.07, 6.45) is -4.45. The van der Waals surface area contributed by atoms with Gasteiger partial charge in [-0.1, -0.05) is 6.92 Å². The number of carbonyl (C=O) groups excluding carboxylic acids is 1. The number of halogens is 3. The second-order valence-electron chi connectivity index (χ2n) is 5.64. The van der Waals surface area contributed by atoms with Crippen LogP contribution in [0.4, 0.5) is 13.2 Å². The fraction of sp³-hybridized carbons (Fsp3) is 0.643. The molecule has 1 atom stereocenters. The second kappa shape index (κ2) is 6.59. The second-order valence-corrected chi connectivity index (χ2v) is 5.64. The van der Waals surface area contributed by atoms with Crippen molar-refractivity contribution in [3.8, 4) is 0 Å². The first-order valence-corrected chi connectivity index (χ1v) is 7.03. The van der Waals surface area contributed by atoms with Gasteiger partial charge in [0, 0.05) is 11.3 Å². The molecule has 9 heteroatoms. The van der Waals surface area contributed by atoms with E-state index in [9.17, 15) is 22.8 Å². The van der Waals surface area contributed by atoms with Crippen LogP contribution in [0.25, 0.3) is 0 Å². The predicted molar refractivity (Wildman–Crippen MR) is 75.9 cm³/mol. The van der Waals surface area contributed by atoms with Crippen LogP contribution in [0.15, 0.2) is 0 Å². The largest absolute Gasteiger partial charge is 0.480 e.